The lowest BCUT2D eigenvalue weighted by Crippen LogP contribution is -2.02. The Morgan fingerprint density at radius 2 is 2.38 bits per heavy atom. The van der Waals surface area contributed by atoms with Gasteiger partial charge in [0.2, 0.25) is 0 Å². The van der Waals surface area contributed by atoms with Crippen LogP contribution in [0.25, 0.3) is 0 Å². The Labute approximate surface area is 95.6 Å². The Balaban J connectivity index is 2.73. The number of hydrogen-bond acceptors (Lipinski definition) is 4. The van der Waals surface area contributed by atoms with Crippen LogP contribution < -0.4 is 0 Å². The molecule has 1 aromatic heterocycles. The SMILES string of the molecule is N#CCOC(=O)c1cc(Br)c(Br)s1. The zero-order valence-electron chi connectivity index (χ0n) is 6.21. The summed E-state index contributed by atoms with van der Waals surface area (Å²) >= 11 is 7.75. The van der Waals surface area contributed by atoms with Gasteiger partial charge in [0.05, 0.1) is 3.79 Å². The van der Waals surface area contributed by atoms with Crippen LogP contribution in [0.15, 0.2) is 14.3 Å². The zero-order chi connectivity index (χ0) is 9.84. The van der Waals surface area contributed by atoms with Crippen molar-refractivity contribution in [2.75, 3.05) is 6.61 Å². The lowest BCUT2D eigenvalue weighted by molar-refractivity contribution is 0.0560. The maximum atomic E-state index is 11.2. The quantitative estimate of drug-likeness (QED) is 0.786. The first-order chi connectivity index (χ1) is 6.15. The molecule has 0 atom stereocenters. The summed E-state index contributed by atoms with van der Waals surface area (Å²) < 4.78 is 6.25. The fraction of sp³-hybridized carbons (Fsp3) is 0.143. The van der Waals surface area contributed by atoms with E-state index < -0.39 is 5.97 Å². The van der Waals surface area contributed by atoms with Crippen LogP contribution in [0.1, 0.15) is 9.67 Å². The van der Waals surface area contributed by atoms with Gasteiger partial charge in [-0.1, -0.05) is 0 Å². The van der Waals surface area contributed by atoms with Crippen molar-refractivity contribution < 1.29 is 9.53 Å². The molecule has 0 spiro atoms. The van der Waals surface area contributed by atoms with Crippen LogP contribution in [0.5, 0.6) is 0 Å². The van der Waals surface area contributed by atoms with Crippen LogP contribution >= 0.6 is 43.2 Å². The molecule has 13 heavy (non-hydrogen) atoms. The highest BCUT2D eigenvalue weighted by Gasteiger charge is 2.12. The molecule has 1 rings (SSSR count). The number of thiophene rings is 1. The molecule has 1 aromatic rings. The van der Waals surface area contributed by atoms with Crippen LogP contribution in [0.4, 0.5) is 0 Å². The molecule has 0 aliphatic carbocycles. The molecular weight excluding hydrogens is 322 g/mol. The fourth-order valence-electron chi connectivity index (χ4n) is 0.616. The Bertz CT molecular complexity index is 350. The zero-order valence-corrected chi connectivity index (χ0v) is 10.2. The largest absolute Gasteiger partial charge is 0.446 e. The second-order valence-corrected chi connectivity index (χ2v) is 5.19. The van der Waals surface area contributed by atoms with Crippen molar-refractivity contribution in [3.8, 4) is 6.07 Å². The summed E-state index contributed by atoms with van der Waals surface area (Å²) in [5.74, 6) is -0.474. The molecule has 0 bridgehead atoms. The molecule has 0 unspecified atom stereocenters. The van der Waals surface area contributed by atoms with Gasteiger partial charge in [-0.3, -0.25) is 0 Å². The van der Waals surface area contributed by atoms with Crippen molar-refractivity contribution in [1.29, 1.82) is 5.26 Å². The minimum Gasteiger partial charge on any atom is -0.446 e. The van der Waals surface area contributed by atoms with E-state index in [0.29, 0.717) is 4.88 Å². The van der Waals surface area contributed by atoms with Crippen molar-refractivity contribution in [2.24, 2.45) is 0 Å². The van der Waals surface area contributed by atoms with E-state index in [9.17, 15) is 4.79 Å². The van der Waals surface area contributed by atoms with Gasteiger partial charge in [0.1, 0.15) is 10.9 Å². The normalized spacial score (nSPS) is 9.31. The molecule has 0 saturated heterocycles. The highest BCUT2D eigenvalue weighted by molar-refractivity contribution is 9.13. The van der Waals surface area contributed by atoms with E-state index in [2.05, 4.69) is 36.6 Å². The number of hydrogen-bond donors (Lipinski definition) is 0. The molecule has 68 valence electrons. The first-order valence-corrected chi connectivity index (χ1v) is 5.54. The van der Waals surface area contributed by atoms with Crippen LogP contribution in [0.2, 0.25) is 0 Å². The first-order valence-electron chi connectivity index (χ1n) is 3.14. The summed E-state index contributed by atoms with van der Waals surface area (Å²) in [6, 6.07) is 3.38. The summed E-state index contributed by atoms with van der Waals surface area (Å²) in [6.07, 6.45) is 0. The summed E-state index contributed by atoms with van der Waals surface area (Å²) in [5.41, 5.74) is 0. The average molecular weight is 325 g/mol. The van der Waals surface area contributed by atoms with Crippen LogP contribution in [-0.4, -0.2) is 12.6 Å². The van der Waals surface area contributed by atoms with E-state index in [-0.39, 0.29) is 6.61 Å². The van der Waals surface area contributed by atoms with E-state index in [1.54, 1.807) is 12.1 Å². The van der Waals surface area contributed by atoms with E-state index in [1.807, 2.05) is 0 Å². The van der Waals surface area contributed by atoms with Gasteiger partial charge in [-0.15, -0.1) is 11.3 Å². The molecule has 0 aliphatic heterocycles. The topological polar surface area (TPSA) is 50.1 Å². The second-order valence-electron chi connectivity index (χ2n) is 1.97. The van der Waals surface area contributed by atoms with Crippen LogP contribution in [-0.2, 0) is 4.74 Å². The van der Waals surface area contributed by atoms with Gasteiger partial charge in [0, 0.05) is 4.47 Å². The lowest BCUT2D eigenvalue weighted by atomic mass is 10.5. The van der Waals surface area contributed by atoms with Crippen LogP contribution in [0.3, 0.4) is 0 Å². The Morgan fingerprint density at radius 1 is 1.69 bits per heavy atom. The number of rotatable bonds is 2. The van der Waals surface area contributed by atoms with Gasteiger partial charge in [0.15, 0.2) is 6.61 Å². The van der Waals surface area contributed by atoms with E-state index in [1.165, 1.54) is 11.3 Å². The minimum atomic E-state index is -0.474. The standard InChI is InChI=1S/C7H3Br2NO2S/c8-4-3-5(13-6(4)9)7(11)12-2-1-10/h3H,2H2. The Kier molecular flexibility index (Phi) is 3.90. The highest BCUT2D eigenvalue weighted by atomic mass is 79.9. The molecule has 6 heteroatoms. The van der Waals surface area contributed by atoms with Crippen molar-refractivity contribution >= 4 is 49.2 Å². The summed E-state index contributed by atoms with van der Waals surface area (Å²) in [7, 11) is 0. The van der Waals surface area contributed by atoms with Crippen molar-refractivity contribution in [3.05, 3.63) is 19.2 Å². The molecule has 0 fully saturated rings. The smallest absolute Gasteiger partial charge is 0.349 e. The predicted octanol–water partition coefficient (Wildman–Crippen LogP) is 2.95. The predicted molar refractivity (Wildman–Crippen MR) is 55.6 cm³/mol. The molecule has 0 amide bonds. The first kappa shape index (κ1) is 10.7. The second kappa shape index (κ2) is 4.74. The third kappa shape index (κ3) is 2.79. The number of carbonyl (C=O) groups excluding carboxylic acids is 1. The van der Waals surface area contributed by atoms with Crippen LogP contribution in [0, 0.1) is 11.3 Å². The van der Waals surface area contributed by atoms with Gasteiger partial charge in [-0.25, -0.2) is 4.79 Å². The molecule has 0 radical (unpaired) electrons. The number of nitriles is 1. The number of nitrogens with zero attached hydrogens (tertiary/aromatic N) is 1. The van der Waals surface area contributed by atoms with E-state index in [0.717, 1.165) is 8.26 Å². The summed E-state index contributed by atoms with van der Waals surface area (Å²) in [6.45, 7) is -0.216. The summed E-state index contributed by atoms with van der Waals surface area (Å²) in [5, 5.41) is 8.18. The van der Waals surface area contributed by atoms with Gasteiger partial charge >= 0.3 is 5.97 Å². The minimum absolute atomic E-state index is 0.216. The van der Waals surface area contributed by atoms with Gasteiger partial charge in [-0.2, -0.15) is 5.26 Å². The number of carbonyl (C=O) groups is 1. The maximum Gasteiger partial charge on any atom is 0.349 e. The number of esters is 1. The van der Waals surface area contributed by atoms with E-state index in [4.69, 9.17) is 5.26 Å². The number of halogens is 2. The molecule has 0 saturated carbocycles. The third-order valence-electron chi connectivity index (χ3n) is 1.11. The van der Waals surface area contributed by atoms with Gasteiger partial charge in [-0.05, 0) is 37.9 Å². The monoisotopic (exact) mass is 323 g/mol. The Hall–Kier alpha value is -0.380. The molecular formula is C7H3Br2NO2S. The molecule has 3 nitrogen and oxygen atoms in total. The van der Waals surface area contributed by atoms with Crippen molar-refractivity contribution in [3.63, 3.8) is 0 Å². The Morgan fingerprint density at radius 3 is 2.85 bits per heavy atom. The van der Waals surface area contributed by atoms with Crippen molar-refractivity contribution in [2.45, 2.75) is 0 Å². The van der Waals surface area contributed by atoms with Crippen molar-refractivity contribution in [1.82, 2.24) is 0 Å². The highest BCUT2D eigenvalue weighted by Crippen LogP contribution is 2.32. The molecule has 0 N–H and O–H groups in total. The summed E-state index contributed by atoms with van der Waals surface area (Å²) in [4.78, 5) is 11.6. The molecule has 1 heterocycles. The maximum absolute atomic E-state index is 11.2. The molecule has 0 aliphatic rings. The third-order valence-corrected chi connectivity index (χ3v) is 4.35. The molecule has 0 aromatic carbocycles. The fourth-order valence-corrected chi connectivity index (χ4v) is 2.55. The van der Waals surface area contributed by atoms with E-state index >= 15 is 0 Å². The lowest BCUT2D eigenvalue weighted by Gasteiger charge is -1.94. The van der Waals surface area contributed by atoms with Gasteiger partial charge < -0.3 is 4.74 Å². The number of ether oxygens (including phenoxy) is 1. The average Bonchev–Trinajstić information content (AvgIpc) is 2.43. The van der Waals surface area contributed by atoms with Gasteiger partial charge in [0.25, 0.3) is 0 Å².